The van der Waals surface area contributed by atoms with Gasteiger partial charge in [0.25, 0.3) is 5.89 Å². The van der Waals surface area contributed by atoms with Crippen LogP contribution >= 0.6 is 11.8 Å². The van der Waals surface area contributed by atoms with Crippen LogP contribution in [0.5, 0.6) is 0 Å². The predicted molar refractivity (Wildman–Crippen MR) is 72.4 cm³/mol. The molecule has 6 heteroatoms. The van der Waals surface area contributed by atoms with Crippen LogP contribution in [0.15, 0.2) is 56.4 Å². The van der Waals surface area contributed by atoms with Gasteiger partial charge < -0.3 is 14.6 Å². The second kappa shape index (κ2) is 5.19. The summed E-state index contributed by atoms with van der Waals surface area (Å²) in [5, 5.41) is 7.92. The zero-order valence-corrected chi connectivity index (χ0v) is 10.8. The molecular weight excluding hydrogens is 262 g/mol. The van der Waals surface area contributed by atoms with E-state index in [1.807, 2.05) is 24.3 Å². The Labute approximate surface area is 113 Å². The largest absolute Gasteiger partial charge is 0.459 e. The second-order valence-electron chi connectivity index (χ2n) is 3.84. The van der Waals surface area contributed by atoms with E-state index >= 15 is 0 Å². The molecule has 5 nitrogen and oxygen atoms in total. The fourth-order valence-electron chi connectivity index (χ4n) is 1.52. The van der Waals surface area contributed by atoms with Crippen LogP contribution in [0, 0.1) is 0 Å². The summed E-state index contributed by atoms with van der Waals surface area (Å²) in [6.07, 6.45) is 1.57. The third-order valence-corrected chi connectivity index (χ3v) is 3.44. The molecule has 0 unspecified atom stereocenters. The summed E-state index contributed by atoms with van der Waals surface area (Å²) in [4.78, 5) is 1.10. The van der Waals surface area contributed by atoms with Gasteiger partial charge in [0.1, 0.15) is 0 Å². The first-order valence-corrected chi connectivity index (χ1v) is 6.64. The molecule has 0 radical (unpaired) electrons. The van der Waals surface area contributed by atoms with Crippen LogP contribution in [-0.4, -0.2) is 10.2 Å². The zero-order chi connectivity index (χ0) is 13.1. The third kappa shape index (κ3) is 2.79. The van der Waals surface area contributed by atoms with Gasteiger partial charge in [-0.1, -0.05) is 0 Å². The first-order chi connectivity index (χ1) is 9.31. The van der Waals surface area contributed by atoms with Crippen molar-refractivity contribution in [1.82, 2.24) is 10.2 Å². The van der Waals surface area contributed by atoms with Gasteiger partial charge in [0.15, 0.2) is 5.76 Å². The van der Waals surface area contributed by atoms with Gasteiger partial charge in [0, 0.05) is 10.6 Å². The minimum absolute atomic E-state index is 0.401. The minimum atomic E-state index is 0.401. The highest BCUT2D eigenvalue weighted by atomic mass is 32.2. The van der Waals surface area contributed by atoms with E-state index in [0.29, 0.717) is 23.3 Å². The third-order valence-electron chi connectivity index (χ3n) is 2.44. The molecule has 0 aliphatic rings. The number of aromatic nitrogens is 2. The molecule has 3 rings (SSSR count). The lowest BCUT2D eigenvalue weighted by molar-refractivity contribution is 0.494. The van der Waals surface area contributed by atoms with Crippen LogP contribution in [0.4, 0.5) is 5.69 Å². The quantitative estimate of drug-likeness (QED) is 0.581. The lowest BCUT2D eigenvalue weighted by Crippen LogP contribution is -1.84. The van der Waals surface area contributed by atoms with E-state index in [2.05, 4.69) is 10.2 Å². The SMILES string of the molecule is Nc1ccc(SCc2nnc(-c3ccco3)o2)cc1. The maximum absolute atomic E-state index is 5.63. The highest BCUT2D eigenvalue weighted by molar-refractivity contribution is 7.98. The maximum atomic E-state index is 5.63. The lowest BCUT2D eigenvalue weighted by Gasteiger charge is -1.98. The molecule has 0 saturated carbocycles. The van der Waals surface area contributed by atoms with Gasteiger partial charge in [0.05, 0.1) is 12.0 Å². The topological polar surface area (TPSA) is 78.1 Å². The van der Waals surface area contributed by atoms with Crippen molar-refractivity contribution in [1.29, 1.82) is 0 Å². The number of hydrogen-bond donors (Lipinski definition) is 1. The Hall–Kier alpha value is -2.21. The smallest absolute Gasteiger partial charge is 0.283 e. The van der Waals surface area contributed by atoms with Crippen molar-refractivity contribution in [2.45, 2.75) is 10.6 Å². The molecule has 0 spiro atoms. The Kier molecular flexibility index (Phi) is 3.24. The maximum Gasteiger partial charge on any atom is 0.283 e. The number of nitrogens with two attached hydrogens (primary N) is 1. The first kappa shape index (κ1) is 11.9. The number of anilines is 1. The number of furan rings is 1. The summed E-state index contributed by atoms with van der Waals surface area (Å²) >= 11 is 1.61. The Morgan fingerprint density at radius 2 is 1.95 bits per heavy atom. The van der Waals surface area contributed by atoms with Crippen LogP contribution in [0.3, 0.4) is 0 Å². The van der Waals surface area contributed by atoms with Crippen LogP contribution < -0.4 is 5.73 Å². The van der Waals surface area contributed by atoms with E-state index in [4.69, 9.17) is 14.6 Å². The van der Waals surface area contributed by atoms with Gasteiger partial charge in [-0.25, -0.2) is 0 Å². The van der Waals surface area contributed by atoms with Gasteiger partial charge in [-0.15, -0.1) is 22.0 Å². The first-order valence-electron chi connectivity index (χ1n) is 5.66. The summed E-state index contributed by atoms with van der Waals surface area (Å²) in [5.41, 5.74) is 6.38. The average Bonchev–Trinajstić information content (AvgIpc) is 3.09. The summed E-state index contributed by atoms with van der Waals surface area (Å²) in [5.74, 6) is 2.15. The van der Waals surface area contributed by atoms with E-state index in [1.54, 1.807) is 30.2 Å². The number of nitrogens with zero attached hydrogens (tertiary/aromatic N) is 2. The molecule has 2 N–H and O–H groups in total. The van der Waals surface area contributed by atoms with Crippen molar-refractivity contribution in [3.8, 4) is 11.7 Å². The second-order valence-corrected chi connectivity index (χ2v) is 4.88. The highest BCUT2D eigenvalue weighted by Gasteiger charge is 2.10. The van der Waals surface area contributed by atoms with Crippen LogP contribution in [0.2, 0.25) is 0 Å². The van der Waals surface area contributed by atoms with E-state index in [1.165, 1.54) is 0 Å². The average molecular weight is 273 g/mol. The molecule has 2 heterocycles. The molecule has 3 aromatic rings. The van der Waals surface area contributed by atoms with E-state index in [0.717, 1.165) is 10.6 Å². The number of nitrogen functional groups attached to an aromatic ring is 1. The van der Waals surface area contributed by atoms with E-state index < -0.39 is 0 Å². The van der Waals surface area contributed by atoms with E-state index in [-0.39, 0.29) is 0 Å². The minimum Gasteiger partial charge on any atom is -0.459 e. The van der Waals surface area contributed by atoms with Gasteiger partial charge in [0.2, 0.25) is 5.89 Å². The van der Waals surface area contributed by atoms with Gasteiger partial charge in [-0.3, -0.25) is 0 Å². The number of thioether (sulfide) groups is 1. The van der Waals surface area contributed by atoms with Crippen molar-refractivity contribution in [3.63, 3.8) is 0 Å². The summed E-state index contributed by atoms with van der Waals surface area (Å²) in [6.45, 7) is 0. The monoisotopic (exact) mass is 273 g/mol. The van der Waals surface area contributed by atoms with Crippen molar-refractivity contribution >= 4 is 17.4 Å². The van der Waals surface area contributed by atoms with Gasteiger partial charge in [-0.2, -0.15) is 0 Å². The molecule has 96 valence electrons. The molecule has 1 aromatic carbocycles. The van der Waals surface area contributed by atoms with Gasteiger partial charge >= 0.3 is 0 Å². The molecule has 0 atom stereocenters. The molecule has 0 fully saturated rings. The molecule has 19 heavy (non-hydrogen) atoms. The Morgan fingerprint density at radius 1 is 1.11 bits per heavy atom. The lowest BCUT2D eigenvalue weighted by atomic mass is 10.3. The van der Waals surface area contributed by atoms with Crippen molar-refractivity contribution in [2.75, 3.05) is 5.73 Å². The molecule has 0 amide bonds. The van der Waals surface area contributed by atoms with Gasteiger partial charge in [-0.05, 0) is 36.4 Å². The predicted octanol–water partition coefficient (Wildman–Crippen LogP) is 3.20. The van der Waals surface area contributed by atoms with Crippen molar-refractivity contribution in [3.05, 3.63) is 48.6 Å². The zero-order valence-electron chi connectivity index (χ0n) is 9.95. The van der Waals surface area contributed by atoms with Crippen molar-refractivity contribution in [2.24, 2.45) is 0 Å². The molecule has 0 bridgehead atoms. The van der Waals surface area contributed by atoms with E-state index in [9.17, 15) is 0 Å². The number of benzene rings is 1. The van der Waals surface area contributed by atoms with Crippen LogP contribution in [-0.2, 0) is 5.75 Å². The Bertz CT molecular complexity index is 647. The van der Waals surface area contributed by atoms with Crippen molar-refractivity contribution < 1.29 is 8.83 Å². The Balaban J connectivity index is 1.66. The summed E-state index contributed by atoms with van der Waals surface area (Å²) < 4.78 is 10.7. The number of rotatable bonds is 4. The number of hydrogen-bond acceptors (Lipinski definition) is 6. The molecule has 2 aromatic heterocycles. The van der Waals surface area contributed by atoms with Crippen LogP contribution in [0.1, 0.15) is 5.89 Å². The molecule has 0 aliphatic carbocycles. The standard InChI is InChI=1S/C13H11N3O2S/c14-9-3-5-10(6-4-9)19-8-12-15-16-13(18-12)11-2-1-7-17-11/h1-7H,8,14H2. The molecule has 0 saturated heterocycles. The normalized spacial score (nSPS) is 10.7. The fourth-order valence-corrected chi connectivity index (χ4v) is 2.26. The molecular formula is C13H11N3O2S. The molecule has 0 aliphatic heterocycles. The summed E-state index contributed by atoms with van der Waals surface area (Å²) in [6, 6.07) is 11.2. The Morgan fingerprint density at radius 3 is 2.68 bits per heavy atom. The summed E-state index contributed by atoms with van der Waals surface area (Å²) in [7, 11) is 0. The van der Waals surface area contributed by atoms with Crippen LogP contribution in [0.25, 0.3) is 11.7 Å². The fraction of sp³-hybridized carbons (Fsp3) is 0.0769. The highest BCUT2D eigenvalue weighted by Crippen LogP contribution is 2.25.